The minimum atomic E-state index is -0.178. The van der Waals surface area contributed by atoms with Crippen molar-refractivity contribution in [3.8, 4) is 5.75 Å². The molecule has 2 aliphatic rings. The number of halogens is 1. The Labute approximate surface area is 180 Å². The summed E-state index contributed by atoms with van der Waals surface area (Å²) in [7, 11) is 0. The normalized spacial score (nSPS) is 18.9. The van der Waals surface area contributed by atoms with Gasteiger partial charge in [-0.15, -0.1) is 11.8 Å². The Bertz CT molecular complexity index is 1100. The lowest BCUT2D eigenvalue weighted by Crippen LogP contribution is -2.23. The first kappa shape index (κ1) is 19.6. The van der Waals surface area contributed by atoms with Gasteiger partial charge in [0, 0.05) is 30.8 Å². The molecule has 0 amide bonds. The number of rotatable bonds is 5. The summed E-state index contributed by atoms with van der Waals surface area (Å²) in [4.78, 5) is 16.3. The van der Waals surface area contributed by atoms with Gasteiger partial charge in [0.15, 0.2) is 5.78 Å². The molecule has 3 aromatic rings. The molecule has 0 radical (unpaired) electrons. The first-order valence-corrected chi connectivity index (χ1v) is 11.5. The highest BCUT2D eigenvalue weighted by Crippen LogP contribution is 2.37. The van der Waals surface area contributed by atoms with E-state index < -0.39 is 0 Å². The molecule has 0 N–H and O–H groups in total. The number of likely N-dealkylation sites (tertiary alicyclic amines) is 1. The molecule has 0 aliphatic carbocycles. The second-order valence-corrected chi connectivity index (χ2v) is 9.21. The zero-order valence-electron chi connectivity index (χ0n) is 16.8. The lowest BCUT2D eigenvalue weighted by Gasteiger charge is -2.18. The maximum atomic E-state index is 13.5. The minimum Gasteiger partial charge on any atom is -0.492 e. The largest absolute Gasteiger partial charge is 0.492 e. The van der Waals surface area contributed by atoms with E-state index in [1.165, 1.54) is 11.0 Å². The number of Topliss-reactive ketones (excluding diaryl/α,β-unsaturated/α-hetero) is 1. The van der Waals surface area contributed by atoms with Crippen LogP contribution in [0.4, 0.5) is 4.39 Å². The van der Waals surface area contributed by atoms with Crippen LogP contribution in [0.2, 0.25) is 0 Å². The predicted octanol–water partition coefficient (Wildman–Crippen LogP) is 5.53. The molecule has 5 heteroatoms. The number of carbonyl (C=O) groups excluding carboxylic acids is 1. The molecule has 2 heterocycles. The van der Waals surface area contributed by atoms with Crippen LogP contribution in [0.5, 0.6) is 5.75 Å². The fourth-order valence-corrected chi connectivity index (χ4v) is 5.29. The highest BCUT2D eigenvalue weighted by Gasteiger charge is 2.24. The number of hydrogen-bond acceptors (Lipinski definition) is 4. The molecule has 1 atom stereocenters. The first-order valence-electron chi connectivity index (χ1n) is 10.5. The molecule has 0 bridgehead atoms. The highest BCUT2D eigenvalue weighted by molar-refractivity contribution is 7.99. The van der Waals surface area contributed by atoms with E-state index in [0.717, 1.165) is 66.1 Å². The van der Waals surface area contributed by atoms with Crippen LogP contribution in [0.3, 0.4) is 0 Å². The Morgan fingerprint density at radius 2 is 2.07 bits per heavy atom. The van der Waals surface area contributed by atoms with Gasteiger partial charge < -0.3 is 9.64 Å². The molecule has 1 unspecified atom stereocenters. The first-order chi connectivity index (χ1) is 14.7. The minimum absolute atomic E-state index is 0.166. The summed E-state index contributed by atoms with van der Waals surface area (Å²) in [6.45, 7) is 3.31. The molecule has 3 aromatic carbocycles. The average Bonchev–Trinajstić information content (AvgIpc) is 3.25. The third-order valence-corrected chi connectivity index (χ3v) is 7.07. The molecule has 0 aromatic heterocycles. The van der Waals surface area contributed by atoms with Crippen LogP contribution in [0.25, 0.3) is 10.8 Å². The molecule has 2 aliphatic heterocycles. The Balaban J connectivity index is 1.23. The van der Waals surface area contributed by atoms with Crippen molar-refractivity contribution in [2.75, 3.05) is 32.0 Å². The molecule has 1 saturated heterocycles. The van der Waals surface area contributed by atoms with E-state index in [1.807, 2.05) is 36.0 Å². The van der Waals surface area contributed by atoms with E-state index in [1.54, 1.807) is 12.1 Å². The summed E-state index contributed by atoms with van der Waals surface area (Å²) in [5.74, 6) is 2.23. The molecule has 5 rings (SSSR count). The van der Waals surface area contributed by atoms with Crippen LogP contribution in [0.15, 0.2) is 59.5 Å². The Hall–Kier alpha value is -2.37. The summed E-state index contributed by atoms with van der Waals surface area (Å²) in [6.07, 6.45) is 1.51. The SMILES string of the molecule is O=C(CCN1CCC(c2cccc(F)c2)C1)c1ccc2cc3c(cc2c1)OCCS3. The van der Waals surface area contributed by atoms with Crippen molar-refractivity contribution in [3.05, 3.63) is 71.5 Å². The molecule has 0 saturated carbocycles. The lowest BCUT2D eigenvalue weighted by atomic mass is 9.98. The molecular weight excluding hydrogens is 397 g/mol. The number of ether oxygens (including phenoxy) is 1. The van der Waals surface area contributed by atoms with Gasteiger partial charge in [0.2, 0.25) is 0 Å². The lowest BCUT2D eigenvalue weighted by molar-refractivity contribution is 0.0969. The molecule has 154 valence electrons. The van der Waals surface area contributed by atoms with E-state index in [-0.39, 0.29) is 11.6 Å². The van der Waals surface area contributed by atoms with Gasteiger partial charge in [0.1, 0.15) is 11.6 Å². The average molecular weight is 422 g/mol. The van der Waals surface area contributed by atoms with Crippen molar-refractivity contribution < 1.29 is 13.9 Å². The van der Waals surface area contributed by atoms with Crippen LogP contribution in [0.1, 0.15) is 34.7 Å². The van der Waals surface area contributed by atoms with Crippen LogP contribution in [-0.2, 0) is 0 Å². The molecule has 0 spiro atoms. The van der Waals surface area contributed by atoms with E-state index in [2.05, 4.69) is 17.0 Å². The van der Waals surface area contributed by atoms with Crippen molar-refractivity contribution >= 4 is 28.3 Å². The Kier molecular flexibility index (Phi) is 5.48. The molecule has 1 fully saturated rings. The van der Waals surface area contributed by atoms with Gasteiger partial charge in [-0.25, -0.2) is 4.39 Å². The second-order valence-electron chi connectivity index (χ2n) is 8.07. The predicted molar refractivity (Wildman–Crippen MR) is 119 cm³/mol. The van der Waals surface area contributed by atoms with E-state index >= 15 is 0 Å². The number of ketones is 1. The molecule has 30 heavy (non-hydrogen) atoms. The third kappa shape index (κ3) is 4.09. The quantitative estimate of drug-likeness (QED) is 0.507. The molecule has 3 nitrogen and oxygen atoms in total. The van der Waals surface area contributed by atoms with Crippen molar-refractivity contribution in [2.24, 2.45) is 0 Å². The van der Waals surface area contributed by atoms with Crippen molar-refractivity contribution in [3.63, 3.8) is 0 Å². The zero-order chi connectivity index (χ0) is 20.5. The fraction of sp³-hybridized carbons (Fsp3) is 0.320. The van der Waals surface area contributed by atoms with Gasteiger partial charge in [-0.2, -0.15) is 0 Å². The Morgan fingerprint density at radius 1 is 1.13 bits per heavy atom. The van der Waals surface area contributed by atoms with E-state index in [4.69, 9.17) is 4.74 Å². The van der Waals surface area contributed by atoms with Crippen LogP contribution in [-0.4, -0.2) is 42.7 Å². The van der Waals surface area contributed by atoms with Crippen LogP contribution < -0.4 is 4.74 Å². The smallest absolute Gasteiger partial charge is 0.164 e. The van der Waals surface area contributed by atoms with Gasteiger partial charge >= 0.3 is 0 Å². The topological polar surface area (TPSA) is 29.5 Å². The summed E-state index contributed by atoms with van der Waals surface area (Å²) in [5, 5.41) is 2.19. The van der Waals surface area contributed by atoms with Crippen molar-refractivity contribution in [2.45, 2.75) is 23.7 Å². The number of fused-ring (bicyclic) bond motifs is 2. The number of carbonyl (C=O) groups is 1. The zero-order valence-corrected chi connectivity index (χ0v) is 17.6. The summed E-state index contributed by atoms with van der Waals surface area (Å²) >= 11 is 1.82. The van der Waals surface area contributed by atoms with Crippen LogP contribution in [0, 0.1) is 5.82 Å². The van der Waals surface area contributed by atoms with E-state index in [9.17, 15) is 9.18 Å². The number of hydrogen-bond donors (Lipinski definition) is 0. The van der Waals surface area contributed by atoms with Gasteiger partial charge in [0.25, 0.3) is 0 Å². The molecular formula is C25H24FNO2S. The van der Waals surface area contributed by atoms with Gasteiger partial charge in [0.05, 0.1) is 11.5 Å². The van der Waals surface area contributed by atoms with Crippen LogP contribution >= 0.6 is 11.8 Å². The van der Waals surface area contributed by atoms with Gasteiger partial charge in [-0.05, 0) is 65.6 Å². The summed E-state index contributed by atoms with van der Waals surface area (Å²) in [6, 6.07) is 17.1. The standard InChI is InChI=1S/C25H24FNO2S/c26-22-3-1-2-17(13-22)20-6-8-27(16-20)9-7-23(28)19-5-4-18-15-25-24(14-21(18)12-19)29-10-11-30-25/h1-5,12-15,20H,6-11,16H2. The highest BCUT2D eigenvalue weighted by atomic mass is 32.2. The Morgan fingerprint density at radius 3 is 2.97 bits per heavy atom. The fourth-order valence-electron chi connectivity index (χ4n) is 4.43. The maximum Gasteiger partial charge on any atom is 0.164 e. The van der Waals surface area contributed by atoms with Crippen molar-refractivity contribution in [1.29, 1.82) is 0 Å². The van der Waals surface area contributed by atoms with E-state index in [0.29, 0.717) is 12.3 Å². The maximum absolute atomic E-state index is 13.5. The summed E-state index contributed by atoms with van der Waals surface area (Å²) < 4.78 is 19.3. The van der Waals surface area contributed by atoms with Gasteiger partial charge in [-0.1, -0.05) is 24.3 Å². The number of benzene rings is 3. The summed E-state index contributed by atoms with van der Waals surface area (Å²) in [5.41, 5.74) is 1.81. The second kappa shape index (κ2) is 8.40. The van der Waals surface area contributed by atoms with Gasteiger partial charge in [-0.3, -0.25) is 4.79 Å². The number of nitrogens with zero attached hydrogens (tertiary/aromatic N) is 1. The third-order valence-electron chi connectivity index (χ3n) is 6.07. The monoisotopic (exact) mass is 421 g/mol. The number of thioether (sulfide) groups is 1. The van der Waals surface area contributed by atoms with Crippen molar-refractivity contribution in [1.82, 2.24) is 4.90 Å².